The first-order chi connectivity index (χ1) is 6.27. The zero-order valence-corrected chi connectivity index (χ0v) is 9.34. The van der Waals surface area contributed by atoms with Crippen LogP contribution >= 0.6 is 0 Å². The van der Waals surface area contributed by atoms with E-state index in [1.165, 1.54) is 5.56 Å². The maximum atomic E-state index is 5.24. The fourth-order valence-electron chi connectivity index (χ4n) is 1.27. The number of benzene rings is 1. The van der Waals surface area contributed by atoms with Gasteiger partial charge in [-0.05, 0) is 25.0 Å². The number of hydrogen-bond donors (Lipinski definition) is 2. The van der Waals surface area contributed by atoms with Gasteiger partial charge in [0.05, 0.1) is 13.2 Å². The monoisotopic (exact) mass is 216 g/mol. The molecule has 1 atom stereocenters. The highest BCUT2D eigenvalue weighted by Crippen LogP contribution is 2.18. The second kappa shape index (κ2) is 6.65. The molecule has 1 rings (SSSR count). The maximum absolute atomic E-state index is 5.24. The SMILES string of the molecule is COc1ccccc1CC(C)N[NH3+].[Cl-]. The van der Waals surface area contributed by atoms with Crippen molar-refractivity contribution in [2.45, 2.75) is 19.4 Å². The van der Waals surface area contributed by atoms with Crippen LogP contribution < -0.4 is 28.4 Å². The molecule has 0 heterocycles. The van der Waals surface area contributed by atoms with Crippen LogP contribution in [0.25, 0.3) is 0 Å². The van der Waals surface area contributed by atoms with Gasteiger partial charge in [0.1, 0.15) is 5.75 Å². The maximum Gasteiger partial charge on any atom is 0.122 e. The van der Waals surface area contributed by atoms with E-state index >= 15 is 0 Å². The fourth-order valence-corrected chi connectivity index (χ4v) is 1.27. The first-order valence-corrected chi connectivity index (χ1v) is 4.42. The van der Waals surface area contributed by atoms with Gasteiger partial charge in [0, 0.05) is 0 Å². The minimum Gasteiger partial charge on any atom is -1.00 e. The number of para-hydroxylation sites is 1. The number of nitrogens with one attached hydrogen (secondary N) is 1. The molecule has 1 unspecified atom stereocenters. The third kappa shape index (κ3) is 3.54. The van der Waals surface area contributed by atoms with Gasteiger partial charge in [-0.25, -0.2) is 0 Å². The Morgan fingerprint density at radius 2 is 2.07 bits per heavy atom. The minimum absolute atomic E-state index is 0. The number of quaternary nitrogens is 1. The first-order valence-electron chi connectivity index (χ1n) is 4.42. The van der Waals surface area contributed by atoms with Gasteiger partial charge in [-0.15, -0.1) is 0 Å². The topological polar surface area (TPSA) is 48.9 Å². The Hall–Kier alpha value is -0.770. The quantitative estimate of drug-likeness (QED) is 0.542. The Kier molecular flexibility index (Phi) is 6.28. The number of ether oxygens (including phenoxy) is 1. The summed E-state index contributed by atoms with van der Waals surface area (Å²) in [5.74, 6) is 4.60. The summed E-state index contributed by atoms with van der Waals surface area (Å²) in [6.07, 6.45) is 0.938. The van der Waals surface area contributed by atoms with Crippen molar-refractivity contribution >= 4 is 0 Å². The molecule has 1 aromatic rings. The molecule has 0 radical (unpaired) electrons. The van der Waals surface area contributed by atoms with Gasteiger partial charge in [-0.1, -0.05) is 18.2 Å². The molecule has 0 saturated carbocycles. The Balaban J connectivity index is 0.00000169. The van der Waals surface area contributed by atoms with E-state index in [1.54, 1.807) is 7.11 Å². The van der Waals surface area contributed by atoms with Crippen LogP contribution in [0.3, 0.4) is 0 Å². The zero-order valence-electron chi connectivity index (χ0n) is 8.59. The smallest absolute Gasteiger partial charge is 0.122 e. The van der Waals surface area contributed by atoms with Crippen LogP contribution in [0, 0.1) is 0 Å². The van der Waals surface area contributed by atoms with E-state index in [-0.39, 0.29) is 12.4 Å². The zero-order chi connectivity index (χ0) is 9.68. The molecule has 0 saturated heterocycles. The normalized spacial score (nSPS) is 11.6. The standard InChI is InChI=1S/C10H16N2O.ClH/c1-8(12-11)7-9-5-3-4-6-10(9)13-2;/h3-6,8,12H,7,11H2,1-2H3;1H. The van der Waals surface area contributed by atoms with Crippen molar-refractivity contribution in [2.24, 2.45) is 0 Å². The predicted octanol–water partition coefficient (Wildman–Crippen LogP) is -2.62. The van der Waals surface area contributed by atoms with E-state index in [0.29, 0.717) is 6.04 Å². The van der Waals surface area contributed by atoms with Crippen LogP contribution in [0.4, 0.5) is 0 Å². The van der Waals surface area contributed by atoms with Crippen molar-refractivity contribution < 1.29 is 23.0 Å². The number of rotatable bonds is 4. The summed E-state index contributed by atoms with van der Waals surface area (Å²) in [7, 11) is 1.70. The summed E-state index contributed by atoms with van der Waals surface area (Å²) >= 11 is 0. The van der Waals surface area contributed by atoms with Gasteiger partial charge in [-0.2, -0.15) is 5.43 Å². The second-order valence-corrected chi connectivity index (χ2v) is 3.12. The lowest BCUT2D eigenvalue weighted by molar-refractivity contribution is -0.451. The molecule has 0 fully saturated rings. The van der Waals surface area contributed by atoms with Gasteiger partial charge in [0.15, 0.2) is 0 Å². The Morgan fingerprint density at radius 1 is 1.43 bits per heavy atom. The molecule has 0 spiro atoms. The van der Waals surface area contributed by atoms with Crippen LogP contribution in [-0.4, -0.2) is 13.2 Å². The van der Waals surface area contributed by atoms with Gasteiger partial charge in [0.2, 0.25) is 0 Å². The lowest BCUT2D eigenvalue weighted by Crippen LogP contribution is -3.00. The largest absolute Gasteiger partial charge is 1.00 e. The second-order valence-electron chi connectivity index (χ2n) is 3.12. The molecule has 14 heavy (non-hydrogen) atoms. The van der Waals surface area contributed by atoms with Crippen molar-refractivity contribution in [1.29, 1.82) is 0 Å². The molecular formula is C10H17ClN2O. The van der Waals surface area contributed by atoms with Crippen LogP contribution in [-0.2, 0) is 6.42 Å². The van der Waals surface area contributed by atoms with Gasteiger partial charge in [-0.3, -0.25) is 5.84 Å². The lowest BCUT2D eigenvalue weighted by Gasteiger charge is -2.11. The molecule has 0 aliphatic carbocycles. The van der Waals surface area contributed by atoms with Crippen LogP contribution in [0.2, 0.25) is 0 Å². The first kappa shape index (κ1) is 13.2. The summed E-state index contributed by atoms with van der Waals surface area (Å²) in [6.45, 7) is 2.10. The molecule has 0 bridgehead atoms. The third-order valence-corrected chi connectivity index (χ3v) is 2.07. The molecule has 0 aliphatic heterocycles. The predicted molar refractivity (Wildman–Crippen MR) is 52.2 cm³/mol. The molecule has 4 heteroatoms. The Labute approximate surface area is 91.0 Å². The summed E-state index contributed by atoms with van der Waals surface area (Å²) in [5, 5.41) is 0. The summed E-state index contributed by atoms with van der Waals surface area (Å²) in [4.78, 5) is 0. The highest BCUT2D eigenvalue weighted by molar-refractivity contribution is 5.33. The average Bonchev–Trinajstić information content (AvgIpc) is 2.18. The molecule has 1 aromatic carbocycles. The molecule has 0 aromatic heterocycles. The van der Waals surface area contributed by atoms with Crippen molar-refractivity contribution in [3.8, 4) is 5.75 Å². The van der Waals surface area contributed by atoms with Gasteiger partial charge >= 0.3 is 0 Å². The average molecular weight is 217 g/mol. The van der Waals surface area contributed by atoms with E-state index in [9.17, 15) is 0 Å². The molecule has 0 amide bonds. The summed E-state index contributed by atoms with van der Waals surface area (Å²) in [5.41, 5.74) is 4.18. The lowest BCUT2D eigenvalue weighted by atomic mass is 10.1. The van der Waals surface area contributed by atoms with Crippen LogP contribution in [0.1, 0.15) is 12.5 Å². The number of hydrogen-bond acceptors (Lipinski definition) is 2. The third-order valence-electron chi connectivity index (χ3n) is 2.07. The van der Waals surface area contributed by atoms with E-state index in [1.807, 2.05) is 18.2 Å². The number of halogens is 1. The van der Waals surface area contributed by atoms with Gasteiger partial charge in [0.25, 0.3) is 0 Å². The molecule has 0 aliphatic rings. The van der Waals surface area contributed by atoms with Crippen molar-refractivity contribution in [3.63, 3.8) is 0 Å². The van der Waals surface area contributed by atoms with E-state index in [0.717, 1.165) is 12.2 Å². The van der Waals surface area contributed by atoms with E-state index in [2.05, 4.69) is 24.3 Å². The van der Waals surface area contributed by atoms with E-state index < -0.39 is 0 Å². The van der Waals surface area contributed by atoms with Crippen molar-refractivity contribution in [3.05, 3.63) is 29.8 Å². The highest BCUT2D eigenvalue weighted by atomic mass is 35.5. The van der Waals surface area contributed by atoms with Crippen molar-refractivity contribution in [1.82, 2.24) is 5.43 Å². The molecular weight excluding hydrogens is 200 g/mol. The van der Waals surface area contributed by atoms with Crippen molar-refractivity contribution in [2.75, 3.05) is 7.11 Å². The fraction of sp³-hybridized carbons (Fsp3) is 0.400. The minimum atomic E-state index is 0. The van der Waals surface area contributed by atoms with Crippen LogP contribution in [0.5, 0.6) is 5.75 Å². The molecule has 3 nitrogen and oxygen atoms in total. The highest BCUT2D eigenvalue weighted by Gasteiger charge is 2.06. The van der Waals surface area contributed by atoms with E-state index in [4.69, 9.17) is 4.74 Å². The Bertz CT molecular complexity index is 268. The van der Waals surface area contributed by atoms with Gasteiger partial charge < -0.3 is 17.1 Å². The summed E-state index contributed by atoms with van der Waals surface area (Å²) in [6, 6.07) is 8.42. The number of methoxy groups -OCH3 is 1. The van der Waals surface area contributed by atoms with Crippen LogP contribution in [0.15, 0.2) is 24.3 Å². The summed E-state index contributed by atoms with van der Waals surface area (Å²) < 4.78 is 5.24. The molecule has 4 N–H and O–H groups in total. The molecule has 80 valence electrons. The Morgan fingerprint density at radius 3 is 2.64 bits per heavy atom.